The van der Waals surface area contributed by atoms with Gasteiger partial charge in [0.2, 0.25) is 11.8 Å². The molecule has 1 N–H and O–H groups in total. The SMILES string of the molecule is CCNC(=O)C1(Cc2cccc(-c3cccs3)c2)CCN(C(=O)Cn2cc(C)nn2)C1. The number of carbonyl (C=O) groups excluding carboxylic acids is 2. The topological polar surface area (TPSA) is 80.1 Å². The largest absolute Gasteiger partial charge is 0.356 e. The van der Waals surface area contributed by atoms with Gasteiger partial charge in [-0.1, -0.05) is 35.5 Å². The first kappa shape index (κ1) is 21.2. The van der Waals surface area contributed by atoms with E-state index in [-0.39, 0.29) is 18.4 Å². The molecule has 1 saturated heterocycles. The van der Waals surface area contributed by atoms with Crippen LogP contribution in [0.5, 0.6) is 0 Å². The molecule has 4 rings (SSSR count). The fourth-order valence-corrected chi connectivity index (χ4v) is 4.95. The van der Waals surface area contributed by atoms with Crippen LogP contribution in [0.4, 0.5) is 0 Å². The third-order valence-electron chi connectivity index (χ3n) is 5.75. The third-order valence-corrected chi connectivity index (χ3v) is 6.67. The summed E-state index contributed by atoms with van der Waals surface area (Å²) in [6.07, 6.45) is 3.00. The number of aryl methyl sites for hydroxylation is 1. The quantitative estimate of drug-likeness (QED) is 0.616. The van der Waals surface area contributed by atoms with Crippen molar-refractivity contribution in [2.75, 3.05) is 19.6 Å². The molecular weight excluding hydrogens is 410 g/mol. The molecule has 0 spiro atoms. The van der Waals surface area contributed by atoms with Gasteiger partial charge in [0.05, 0.1) is 11.1 Å². The molecule has 0 aliphatic carbocycles. The highest BCUT2D eigenvalue weighted by Crippen LogP contribution is 2.36. The third kappa shape index (κ3) is 4.69. The van der Waals surface area contributed by atoms with E-state index < -0.39 is 5.41 Å². The fourth-order valence-electron chi connectivity index (χ4n) is 4.22. The van der Waals surface area contributed by atoms with Gasteiger partial charge in [-0.25, -0.2) is 4.68 Å². The summed E-state index contributed by atoms with van der Waals surface area (Å²) in [5.41, 5.74) is 2.42. The Labute approximate surface area is 186 Å². The summed E-state index contributed by atoms with van der Waals surface area (Å²) in [5.74, 6) is -0.0214. The van der Waals surface area contributed by atoms with Crippen LogP contribution >= 0.6 is 11.3 Å². The lowest BCUT2D eigenvalue weighted by atomic mass is 9.79. The molecule has 162 valence electrons. The first-order chi connectivity index (χ1) is 15.0. The molecular formula is C23H27N5O2S. The number of hydrogen-bond acceptors (Lipinski definition) is 5. The molecule has 1 aliphatic rings. The molecule has 2 aromatic heterocycles. The predicted octanol–water partition coefficient (Wildman–Crippen LogP) is 2.91. The Hall–Kier alpha value is -3.00. The van der Waals surface area contributed by atoms with Crippen LogP contribution in [0.25, 0.3) is 10.4 Å². The minimum absolute atomic E-state index is 0.0171. The molecule has 3 aromatic rings. The van der Waals surface area contributed by atoms with E-state index in [1.807, 2.05) is 26.0 Å². The van der Waals surface area contributed by atoms with E-state index in [2.05, 4.69) is 45.3 Å². The zero-order valence-electron chi connectivity index (χ0n) is 17.9. The maximum atomic E-state index is 13.1. The number of benzene rings is 1. The van der Waals surface area contributed by atoms with Gasteiger partial charge in [-0.3, -0.25) is 9.59 Å². The molecule has 1 unspecified atom stereocenters. The number of carbonyl (C=O) groups is 2. The monoisotopic (exact) mass is 437 g/mol. The van der Waals surface area contributed by atoms with E-state index >= 15 is 0 Å². The Morgan fingerprint density at radius 1 is 1.26 bits per heavy atom. The Morgan fingerprint density at radius 3 is 2.84 bits per heavy atom. The molecule has 1 fully saturated rings. The number of amides is 2. The molecule has 2 amide bonds. The Bertz CT molecular complexity index is 1060. The van der Waals surface area contributed by atoms with Crippen molar-refractivity contribution in [3.8, 4) is 10.4 Å². The molecule has 8 heteroatoms. The average molecular weight is 438 g/mol. The zero-order valence-corrected chi connectivity index (χ0v) is 18.7. The Morgan fingerprint density at radius 2 is 2.13 bits per heavy atom. The smallest absolute Gasteiger partial charge is 0.244 e. The van der Waals surface area contributed by atoms with Crippen LogP contribution in [0, 0.1) is 12.3 Å². The van der Waals surface area contributed by atoms with Crippen molar-refractivity contribution in [1.82, 2.24) is 25.2 Å². The number of likely N-dealkylation sites (tertiary alicyclic amines) is 1. The van der Waals surface area contributed by atoms with E-state index in [1.165, 1.54) is 4.88 Å². The van der Waals surface area contributed by atoms with Crippen LogP contribution in [0.2, 0.25) is 0 Å². The lowest BCUT2D eigenvalue weighted by Crippen LogP contribution is -2.45. The van der Waals surface area contributed by atoms with Gasteiger partial charge in [0.1, 0.15) is 6.54 Å². The maximum Gasteiger partial charge on any atom is 0.244 e. The van der Waals surface area contributed by atoms with E-state index in [0.717, 1.165) is 16.8 Å². The van der Waals surface area contributed by atoms with Crippen LogP contribution in [0.3, 0.4) is 0 Å². The lowest BCUT2D eigenvalue weighted by Gasteiger charge is -2.28. The molecule has 0 radical (unpaired) electrons. The lowest BCUT2D eigenvalue weighted by molar-refractivity contribution is -0.133. The maximum absolute atomic E-state index is 13.1. The second-order valence-corrected chi connectivity index (χ2v) is 9.06. The van der Waals surface area contributed by atoms with E-state index in [0.29, 0.717) is 32.5 Å². The summed E-state index contributed by atoms with van der Waals surface area (Å²) in [5, 5.41) is 13.0. The van der Waals surface area contributed by atoms with Gasteiger partial charge in [-0.15, -0.1) is 16.4 Å². The summed E-state index contributed by atoms with van der Waals surface area (Å²) >= 11 is 1.70. The summed E-state index contributed by atoms with van der Waals surface area (Å²) in [6, 6.07) is 12.5. The summed E-state index contributed by atoms with van der Waals surface area (Å²) in [4.78, 5) is 29.0. The van der Waals surface area contributed by atoms with Gasteiger partial charge in [0.25, 0.3) is 0 Å². The first-order valence-electron chi connectivity index (χ1n) is 10.5. The second kappa shape index (κ2) is 9.01. The summed E-state index contributed by atoms with van der Waals surface area (Å²) < 4.78 is 1.55. The molecule has 1 atom stereocenters. The van der Waals surface area contributed by atoms with Gasteiger partial charge in [-0.05, 0) is 49.3 Å². The van der Waals surface area contributed by atoms with Crippen LogP contribution in [-0.4, -0.2) is 51.3 Å². The van der Waals surface area contributed by atoms with Crippen LogP contribution in [0.15, 0.2) is 48.0 Å². The number of thiophene rings is 1. The van der Waals surface area contributed by atoms with Gasteiger partial charge < -0.3 is 10.2 Å². The summed E-state index contributed by atoms with van der Waals surface area (Å²) in [6.45, 7) is 5.45. The van der Waals surface area contributed by atoms with Crippen molar-refractivity contribution in [2.24, 2.45) is 5.41 Å². The normalized spacial score (nSPS) is 18.3. The highest BCUT2D eigenvalue weighted by atomic mass is 32.1. The van der Waals surface area contributed by atoms with E-state index in [1.54, 1.807) is 27.1 Å². The molecule has 0 saturated carbocycles. The molecule has 1 aromatic carbocycles. The molecule has 3 heterocycles. The van der Waals surface area contributed by atoms with E-state index in [4.69, 9.17) is 0 Å². The van der Waals surface area contributed by atoms with Crippen molar-refractivity contribution in [3.63, 3.8) is 0 Å². The predicted molar refractivity (Wildman–Crippen MR) is 121 cm³/mol. The molecule has 0 bridgehead atoms. The number of nitrogens with zero attached hydrogens (tertiary/aromatic N) is 4. The Kier molecular flexibility index (Phi) is 6.18. The van der Waals surface area contributed by atoms with Gasteiger partial charge in [0.15, 0.2) is 0 Å². The first-order valence-corrected chi connectivity index (χ1v) is 11.4. The fraction of sp³-hybridized carbons (Fsp3) is 0.391. The standard InChI is InChI=1S/C23H27N5O2S/c1-3-24-22(30)23(13-18-6-4-7-19(12-18)20-8-5-11-31-20)9-10-27(16-23)21(29)15-28-14-17(2)25-26-28/h4-8,11-12,14H,3,9-10,13,15-16H2,1-2H3,(H,24,30). The second-order valence-electron chi connectivity index (χ2n) is 8.12. The number of aromatic nitrogens is 3. The minimum Gasteiger partial charge on any atom is -0.356 e. The summed E-state index contributed by atoms with van der Waals surface area (Å²) in [7, 11) is 0. The van der Waals surface area contributed by atoms with Crippen LogP contribution in [0.1, 0.15) is 24.6 Å². The van der Waals surface area contributed by atoms with Crippen LogP contribution in [-0.2, 0) is 22.6 Å². The van der Waals surface area contributed by atoms with Gasteiger partial charge >= 0.3 is 0 Å². The van der Waals surface area contributed by atoms with Crippen molar-refractivity contribution < 1.29 is 9.59 Å². The number of hydrogen-bond donors (Lipinski definition) is 1. The average Bonchev–Trinajstić information content (AvgIpc) is 3.50. The minimum atomic E-state index is -0.627. The number of rotatable bonds is 7. The molecule has 7 nitrogen and oxygen atoms in total. The highest BCUT2D eigenvalue weighted by molar-refractivity contribution is 7.13. The number of nitrogens with one attached hydrogen (secondary N) is 1. The van der Waals surface area contributed by atoms with Crippen molar-refractivity contribution in [1.29, 1.82) is 0 Å². The van der Waals surface area contributed by atoms with Gasteiger partial charge in [0, 0.05) is 30.7 Å². The zero-order chi connectivity index (χ0) is 21.8. The Balaban J connectivity index is 1.53. The molecule has 1 aliphatic heterocycles. The molecule has 31 heavy (non-hydrogen) atoms. The van der Waals surface area contributed by atoms with Crippen molar-refractivity contribution >= 4 is 23.2 Å². The highest BCUT2D eigenvalue weighted by Gasteiger charge is 2.45. The van der Waals surface area contributed by atoms with E-state index in [9.17, 15) is 9.59 Å². The van der Waals surface area contributed by atoms with Crippen molar-refractivity contribution in [2.45, 2.75) is 33.2 Å². The van der Waals surface area contributed by atoms with Crippen molar-refractivity contribution in [3.05, 3.63) is 59.2 Å². The van der Waals surface area contributed by atoms with Crippen LogP contribution < -0.4 is 5.32 Å². The van der Waals surface area contributed by atoms with Gasteiger partial charge in [-0.2, -0.15) is 0 Å².